The highest BCUT2D eigenvalue weighted by Gasteiger charge is 2.27. The highest BCUT2D eigenvalue weighted by Crippen LogP contribution is 2.31. The zero-order valence-electron chi connectivity index (χ0n) is 18.1. The number of hydrazone groups is 1. The first-order valence-corrected chi connectivity index (χ1v) is 12.0. The molecule has 13 heteroatoms. The molecule has 0 saturated carbocycles. The van der Waals surface area contributed by atoms with E-state index in [0.29, 0.717) is 5.75 Å². The van der Waals surface area contributed by atoms with Gasteiger partial charge in [0.05, 0.1) is 33.9 Å². The number of amides is 1. The molecule has 1 N–H and O–H groups in total. The molecule has 0 fully saturated rings. The average molecular weight is 537 g/mol. The lowest BCUT2D eigenvalue weighted by Crippen LogP contribution is -2.39. The molecule has 0 spiro atoms. The molecule has 10 nitrogen and oxygen atoms in total. The third kappa shape index (κ3) is 6.27. The molecule has 0 aromatic heterocycles. The Morgan fingerprint density at radius 2 is 1.83 bits per heavy atom. The molecule has 0 unspecified atom stereocenters. The van der Waals surface area contributed by atoms with Crippen molar-refractivity contribution in [1.82, 2.24) is 5.43 Å². The number of nitrogens with zero attached hydrogens (tertiary/aromatic N) is 3. The summed E-state index contributed by atoms with van der Waals surface area (Å²) in [6, 6.07) is 15.6. The van der Waals surface area contributed by atoms with E-state index in [9.17, 15) is 23.3 Å². The maximum atomic E-state index is 13.3. The zero-order chi connectivity index (χ0) is 25.6. The maximum Gasteiger partial charge on any atom is 0.270 e. The predicted molar refractivity (Wildman–Crippen MR) is 133 cm³/mol. The number of anilines is 1. The van der Waals surface area contributed by atoms with E-state index < -0.39 is 27.4 Å². The summed E-state index contributed by atoms with van der Waals surface area (Å²) in [5, 5.41) is 15.0. The Labute approximate surface area is 210 Å². The van der Waals surface area contributed by atoms with Gasteiger partial charge in [-0.25, -0.2) is 13.8 Å². The van der Waals surface area contributed by atoms with E-state index in [1.807, 2.05) is 0 Å². The number of ether oxygens (including phenoxy) is 1. The second-order valence-corrected chi connectivity index (χ2v) is 9.58. The minimum absolute atomic E-state index is 0.0355. The largest absolute Gasteiger partial charge is 0.495 e. The standard InChI is InChI=1S/C22H18Cl2N4O6S/c1-34-21-10-8-16(12-20(21)24)27(35(32,33)18-5-3-2-4-6-18)14-22(29)26-25-13-15-11-17(28(30)31)7-9-19(15)23/h2-13H,14H2,1H3,(H,26,29)/b25-13+. The third-order valence-electron chi connectivity index (χ3n) is 4.63. The molecular weight excluding hydrogens is 519 g/mol. The molecule has 182 valence electrons. The molecule has 0 saturated heterocycles. The minimum Gasteiger partial charge on any atom is -0.495 e. The number of halogens is 2. The summed E-state index contributed by atoms with van der Waals surface area (Å²) in [5.74, 6) is -0.454. The Morgan fingerprint density at radius 1 is 1.11 bits per heavy atom. The van der Waals surface area contributed by atoms with Gasteiger partial charge in [-0.05, 0) is 36.4 Å². The van der Waals surface area contributed by atoms with Crippen molar-refractivity contribution in [2.75, 3.05) is 18.0 Å². The number of hydrogen-bond donors (Lipinski definition) is 1. The number of rotatable bonds is 9. The van der Waals surface area contributed by atoms with Gasteiger partial charge >= 0.3 is 0 Å². The Kier molecular flexibility index (Phi) is 8.28. The van der Waals surface area contributed by atoms with Crippen LogP contribution in [0.3, 0.4) is 0 Å². The van der Waals surface area contributed by atoms with Gasteiger partial charge in [0.25, 0.3) is 21.6 Å². The van der Waals surface area contributed by atoms with Crippen LogP contribution in [0.15, 0.2) is 76.7 Å². The van der Waals surface area contributed by atoms with Crippen molar-refractivity contribution in [2.45, 2.75) is 4.90 Å². The number of nitrogens with one attached hydrogen (secondary N) is 1. The van der Waals surface area contributed by atoms with Crippen molar-refractivity contribution >= 4 is 56.7 Å². The fourth-order valence-corrected chi connectivity index (χ4v) is 4.78. The third-order valence-corrected chi connectivity index (χ3v) is 7.05. The summed E-state index contributed by atoms with van der Waals surface area (Å²) in [6.45, 7) is -0.639. The van der Waals surface area contributed by atoms with E-state index in [1.54, 1.807) is 18.2 Å². The van der Waals surface area contributed by atoms with Gasteiger partial charge in [0, 0.05) is 22.7 Å². The first-order valence-electron chi connectivity index (χ1n) is 9.80. The lowest BCUT2D eigenvalue weighted by Gasteiger charge is -2.24. The highest BCUT2D eigenvalue weighted by molar-refractivity contribution is 7.92. The molecular formula is C22H18Cl2N4O6S. The molecule has 0 aliphatic heterocycles. The number of sulfonamides is 1. The number of nitro groups is 1. The first-order chi connectivity index (χ1) is 16.6. The number of methoxy groups -OCH3 is 1. The van der Waals surface area contributed by atoms with Gasteiger partial charge in [-0.3, -0.25) is 19.2 Å². The number of hydrogen-bond acceptors (Lipinski definition) is 7. The first kappa shape index (κ1) is 25.9. The summed E-state index contributed by atoms with van der Waals surface area (Å²) >= 11 is 12.2. The monoisotopic (exact) mass is 536 g/mol. The molecule has 3 aromatic rings. The van der Waals surface area contributed by atoms with E-state index in [0.717, 1.165) is 10.5 Å². The lowest BCUT2D eigenvalue weighted by atomic mass is 10.2. The van der Waals surface area contributed by atoms with Gasteiger partial charge in [-0.15, -0.1) is 0 Å². The molecule has 3 aromatic carbocycles. The lowest BCUT2D eigenvalue weighted by molar-refractivity contribution is -0.384. The van der Waals surface area contributed by atoms with Crippen LogP contribution in [0.5, 0.6) is 5.75 Å². The van der Waals surface area contributed by atoms with Crippen molar-refractivity contribution in [3.05, 3.63) is 92.5 Å². The summed E-state index contributed by atoms with van der Waals surface area (Å²) in [6.07, 6.45) is 1.12. The number of benzene rings is 3. The van der Waals surface area contributed by atoms with Gasteiger partial charge < -0.3 is 4.74 Å². The van der Waals surface area contributed by atoms with E-state index in [1.165, 1.54) is 55.6 Å². The number of carbonyl (C=O) groups excluding carboxylic acids is 1. The normalized spacial score (nSPS) is 11.3. The quantitative estimate of drug-likeness (QED) is 0.247. The molecule has 35 heavy (non-hydrogen) atoms. The van der Waals surface area contributed by atoms with Crippen LogP contribution in [0.25, 0.3) is 0 Å². The van der Waals surface area contributed by atoms with Crippen LogP contribution < -0.4 is 14.5 Å². The van der Waals surface area contributed by atoms with Crippen molar-refractivity contribution in [3.63, 3.8) is 0 Å². The summed E-state index contributed by atoms with van der Waals surface area (Å²) in [5.41, 5.74) is 2.31. The van der Waals surface area contributed by atoms with Gasteiger partial charge in [-0.2, -0.15) is 5.10 Å². The van der Waals surface area contributed by atoms with Crippen LogP contribution in [0.1, 0.15) is 5.56 Å². The molecule has 0 heterocycles. The fraction of sp³-hybridized carbons (Fsp3) is 0.0909. The van der Waals surface area contributed by atoms with Crippen LogP contribution in [0, 0.1) is 10.1 Å². The SMILES string of the molecule is COc1ccc(N(CC(=O)N/N=C/c2cc([N+](=O)[O-])ccc2Cl)S(=O)(=O)c2ccccc2)cc1Cl. The van der Waals surface area contributed by atoms with Gasteiger partial charge in [0.2, 0.25) is 0 Å². The smallest absolute Gasteiger partial charge is 0.270 e. The molecule has 0 radical (unpaired) electrons. The van der Waals surface area contributed by atoms with E-state index >= 15 is 0 Å². The summed E-state index contributed by atoms with van der Waals surface area (Å²) in [7, 11) is -2.74. The number of carbonyl (C=O) groups is 1. The van der Waals surface area contributed by atoms with Crippen LogP contribution in [0.4, 0.5) is 11.4 Å². The van der Waals surface area contributed by atoms with Crippen molar-refractivity contribution in [2.24, 2.45) is 5.10 Å². The van der Waals surface area contributed by atoms with Crippen LogP contribution >= 0.6 is 23.2 Å². The van der Waals surface area contributed by atoms with Gasteiger partial charge in [-0.1, -0.05) is 41.4 Å². The highest BCUT2D eigenvalue weighted by atomic mass is 35.5. The summed E-state index contributed by atoms with van der Waals surface area (Å²) < 4.78 is 32.6. The van der Waals surface area contributed by atoms with Gasteiger partial charge in [0.1, 0.15) is 12.3 Å². The molecule has 1 amide bonds. The topological polar surface area (TPSA) is 131 Å². The Balaban J connectivity index is 1.87. The summed E-state index contributed by atoms with van der Waals surface area (Å²) in [4.78, 5) is 22.9. The predicted octanol–water partition coefficient (Wildman–Crippen LogP) is 4.26. The van der Waals surface area contributed by atoms with Crippen molar-refractivity contribution in [1.29, 1.82) is 0 Å². The second-order valence-electron chi connectivity index (χ2n) is 6.90. The second kappa shape index (κ2) is 11.2. The van der Waals surface area contributed by atoms with Crippen LogP contribution in [-0.4, -0.2) is 39.1 Å². The molecule has 0 atom stereocenters. The number of nitro benzene ring substituents is 1. The fourth-order valence-electron chi connectivity index (χ4n) is 2.93. The molecule has 0 aliphatic rings. The van der Waals surface area contributed by atoms with E-state index in [4.69, 9.17) is 27.9 Å². The zero-order valence-corrected chi connectivity index (χ0v) is 20.4. The van der Waals surface area contributed by atoms with Crippen molar-refractivity contribution in [3.8, 4) is 5.75 Å². The Hall–Kier alpha value is -3.67. The number of non-ortho nitro benzene ring substituents is 1. The maximum absolute atomic E-state index is 13.3. The minimum atomic E-state index is -4.16. The van der Waals surface area contributed by atoms with E-state index in [-0.39, 0.29) is 31.9 Å². The molecule has 3 rings (SSSR count). The van der Waals surface area contributed by atoms with Crippen molar-refractivity contribution < 1.29 is 22.9 Å². The average Bonchev–Trinajstić information content (AvgIpc) is 2.84. The van der Waals surface area contributed by atoms with Crippen LogP contribution in [-0.2, 0) is 14.8 Å². The Bertz CT molecular complexity index is 1380. The molecule has 0 bridgehead atoms. The molecule has 0 aliphatic carbocycles. The van der Waals surface area contributed by atoms with Gasteiger partial charge in [0.15, 0.2) is 0 Å². The Morgan fingerprint density at radius 3 is 2.46 bits per heavy atom. The van der Waals surface area contributed by atoms with Crippen LogP contribution in [0.2, 0.25) is 10.0 Å². The van der Waals surface area contributed by atoms with E-state index in [2.05, 4.69) is 10.5 Å².